The van der Waals surface area contributed by atoms with E-state index >= 15 is 0 Å². The Morgan fingerprint density at radius 2 is 2.33 bits per heavy atom. The second kappa shape index (κ2) is 4.61. The standard InChI is InChI=1S/C11H14FN5O/c1-5-6(12)4-7-9(8(5)10(14)18)17-11(16-7)15-3-2-13/h4H,2-3,13H2,1H3,(H2,14,18)(H2,15,16,17). The van der Waals surface area contributed by atoms with Crippen molar-refractivity contribution in [1.29, 1.82) is 0 Å². The van der Waals surface area contributed by atoms with Gasteiger partial charge in [-0.2, -0.15) is 0 Å². The Morgan fingerprint density at radius 1 is 1.61 bits per heavy atom. The van der Waals surface area contributed by atoms with E-state index in [2.05, 4.69) is 15.3 Å². The van der Waals surface area contributed by atoms with E-state index in [1.807, 2.05) is 0 Å². The number of benzene rings is 1. The van der Waals surface area contributed by atoms with Gasteiger partial charge in [0.1, 0.15) is 11.3 Å². The molecule has 0 saturated carbocycles. The zero-order chi connectivity index (χ0) is 13.3. The maximum Gasteiger partial charge on any atom is 0.251 e. The van der Waals surface area contributed by atoms with E-state index < -0.39 is 11.7 Å². The highest BCUT2D eigenvalue weighted by molar-refractivity contribution is 6.05. The predicted octanol–water partition coefficient (Wildman–Crippen LogP) is 0.480. The number of fused-ring (bicyclic) bond motifs is 1. The van der Waals surface area contributed by atoms with Gasteiger partial charge >= 0.3 is 0 Å². The van der Waals surface area contributed by atoms with E-state index in [0.717, 1.165) is 0 Å². The first kappa shape index (κ1) is 12.3. The number of nitrogens with one attached hydrogen (secondary N) is 2. The van der Waals surface area contributed by atoms with Crippen LogP contribution in [0.3, 0.4) is 0 Å². The van der Waals surface area contributed by atoms with Crippen LogP contribution in [-0.2, 0) is 0 Å². The minimum absolute atomic E-state index is 0.0991. The third kappa shape index (κ3) is 2.00. The minimum atomic E-state index is -0.700. The van der Waals surface area contributed by atoms with Crippen molar-refractivity contribution in [2.24, 2.45) is 11.5 Å². The summed E-state index contributed by atoms with van der Waals surface area (Å²) >= 11 is 0. The number of nitrogens with zero attached hydrogens (tertiary/aromatic N) is 1. The Labute approximate surface area is 103 Å². The molecular weight excluding hydrogens is 237 g/mol. The average molecular weight is 251 g/mol. The lowest BCUT2D eigenvalue weighted by atomic mass is 10.1. The molecule has 2 rings (SSSR count). The predicted molar refractivity (Wildman–Crippen MR) is 66.9 cm³/mol. The van der Waals surface area contributed by atoms with Crippen molar-refractivity contribution in [3.8, 4) is 0 Å². The Morgan fingerprint density at radius 3 is 2.94 bits per heavy atom. The number of aromatic nitrogens is 2. The first-order chi connectivity index (χ1) is 8.54. The molecule has 0 unspecified atom stereocenters. The van der Waals surface area contributed by atoms with Gasteiger partial charge in [-0.05, 0) is 18.6 Å². The lowest BCUT2D eigenvalue weighted by Crippen LogP contribution is -2.14. The highest BCUT2D eigenvalue weighted by Gasteiger charge is 2.17. The van der Waals surface area contributed by atoms with Crippen molar-refractivity contribution < 1.29 is 9.18 Å². The molecule has 18 heavy (non-hydrogen) atoms. The molecule has 6 N–H and O–H groups in total. The summed E-state index contributed by atoms with van der Waals surface area (Å²) in [7, 11) is 0. The molecule has 0 fully saturated rings. The monoisotopic (exact) mass is 251 g/mol. The lowest BCUT2D eigenvalue weighted by molar-refractivity contribution is 0.100. The average Bonchev–Trinajstić information content (AvgIpc) is 2.69. The first-order valence-corrected chi connectivity index (χ1v) is 5.47. The number of H-pyrrole nitrogens is 1. The van der Waals surface area contributed by atoms with Crippen LogP contribution >= 0.6 is 0 Å². The zero-order valence-corrected chi connectivity index (χ0v) is 9.88. The van der Waals surface area contributed by atoms with Gasteiger partial charge in [0.2, 0.25) is 5.95 Å². The Kier molecular flexibility index (Phi) is 3.15. The molecule has 1 amide bonds. The number of primary amides is 1. The number of hydrogen-bond acceptors (Lipinski definition) is 4. The molecule has 1 aromatic heterocycles. The maximum atomic E-state index is 13.6. The summed E-state index contributed by atoms with van der Waals surface area (Å²) in [6.07, 6.45) is 0. The quantitative estimate of drug-likeness (QED) is 0.633. The number of imidazole rings is 1. The Bertz CT molecular complexity index is 607. The van der Waals surface area contributed by atoms with Gasteiger partial charge in [0, 0.05) is 13.1 Å². The Hall–Kier alpha value is -2.15. The van der Waals surface area contributed by atoms with E-state index in [9.17, 15) is 9.18 Å². The summed E-state index contributed by atoms with van der Waals surface area (Å²) in [6.45, 7) is 2.46. The van der Waals surface area contributed by atoms with E-state index in [1.54, 1.807) is 0 Å². The number of nitrogens with two attached hydrogens (primary N) is 2. The molecule has 0 aliphatic heterocycles. The van der Waals surface area contributed by atoms with Crippen LogP contribution in [0.1, 0.15) is 15.9 Å². The van der Waals surface area contributed by atoms with Gasteiger partial charge in [-0.1, -0.05) is 0 Å². The molecule has 0 saturated heterocycles. The maximum absolute atomic E-state index is 13.6. The van der Waals surface area contributed by atoms with Crippen LogP contribution in [0.2, 0.25) is 0 Å². The van der Waals surface area contributed by atoms with E-state index in [0.29, 0.717) is 30.1 Å². The van der Waals surface area contributed by atoms with E-state index in [-0.39, 0.29) is 11.1 Å². The molecular formula is C11H14FN5O. The van der Waals surface area contributed by atoms with Crippen LogP contribution in [0.25, 0.3) is 11.0 Å². The number of halogens is 1. The number of carbonyl (C=O) groups is 1. The van der Waals surface area contributed by atoms with Crippen molar-refractivity contribution in [1.82, 2.24) is 9.97 Å². The van der Waals surface area contributed by atoms with Crippen LogP contribution in [0, 0.1) is 12.7 Å². The van der Waals surface area contributed by atoms with Crippen LogP contribution in [0.4, 0.5) is 10.3 Å². The van der Waals surface area contributed by atoms with Gasteiger partial charge in [0.05, 0.1) is 11.1 Å². The normalized spacial score (nSPS) is 10.8. The van der Waals surface area contributed by atoms with Gasteiger partial charge < -0.3 is 21.8 Å². The summed E-state index contributed by atoms with van der Waals surface area (Å²) in [5.74, 6) is -0.762. The highest BCUT2D eigenvalue weighted by Crippen LogP contribution is 2.24. The molecule has 2 aromatic rings. The third-order valence-corrected chi connectivity index (χ3v) is 2.66. The van der Waals surface area contributed by atoms with Crippen LogP contribution in [0.15, 0.2) is 6.07 Å². The summed E-state index contributed by atoms with van der Waals surface area (Å²) in [4.78, 5) is 18.4. The fourth-order valence-corrected chi connectivity index (χ4v) is 1.79. The van der Waals surface area contributed by atoms with Crippen LogP contribution in [0.5, 0.6) is 0 Å². The number of hydrogen-bond donors (Lipinski definition) is 4. The number of anilines is 1. The third-order valence-electron chi connectivity index (χ3n) is 2.66. The molecule has 6 nitrogen and oxygen atoms in total. The summed E-state index contributed by atoms with van der Waals surface area (Å²) < 4.78 is 13.6. The molecule has 0 atom stereocenters. The van der Waals surface area contributed by atoms with Crippen LogP contribution < -0.4 is 16.8 Å². The minimum Gasteiger partial charge on any atom is -0.366 e. The molecule has 0 radical (unpaired) electrons. The lowest BCUT2D eigenvalue weighted by Gasteiger charge is -2.03. The molecule has 1 aromatic carbocycles. The summed E-state index contributed by atoms with van der Waals surface area (Å²) in [5, 5.41) is 2.92. The first-order valence-electron chi connectivity index (χ1n) is 5.47. The number of rotatable bonds is 4. The number of aromatic amines is 1. The van der Waals surface area contributed by atoms with Crippen molar-refractivity contribution >= 4 is 22.9 Å². The number of carbonyl (C=O) groups excluding carboxylic acids is 1. The summed E-state index contributed by atoms with van der Waals surface area (Å²) in [6, 6.07) is 1.29. The van der Waals surface area contributed by atoms with Crippen molar-refractivity contribution in [3.05, 3.63) is 23.0 Å². The molecule has 7 heteroatoms. The molecule has 96 valence electrons. The molecule has 0 spiro atoms. The molecule has 0 aliphatic carbocycles. The van der Waals surface area contributed by atoms with Crippen molar-refractivity contribution in [2.45, 2.75) is 6.92 Å². The molecule has 1 heterocycles. The van der Waals surface area contributed by atoms with E-state index in [4.69, 9.17) is 11.5 Å². The zero-order valence-electron chi connectivity index (χ0n) is 9.88. The Balaban J connectivity index is 2.60. The molecule has 0 aliphatic rings. The van der Waals surface area contributed by atoms with E-state index in [1.165, 1.54) is 13.0 Å². The van der Waals surface area contributed by atoms with Crippen LogP contribution in [-0.4, -0.2) is 29.0 Å². The highest BCUT2D eigenvalue weighted by atomic mass is 19.1. The second-order valence-corrected chi connectivity index (χ2v) is 3.92. The SMILES string of the molecule is Cc1c(F)cc2[nH]c(NCCN)nc2c1C(N)=O. The van der Waals surface area contributed by atoms with Gasteiger partial charge in [-0.25, -0.2) is 9.37 Å². The largest absolute Gasteiger partial charge is 0.366 e. The van der Waals surface area contributed by atoms with Gasteiger partial charge in [0.15, 0.2) is 0 Å². The fourth-order valence-electron chi connectivity index (χ4n) is 1.79. The second-order valence-electron chi connectivity index (χ2n) is 3.92. The topological polar surface area (TPSA) is 110 Å². The van der Waals surface area contributed by atoms with Crippen molar-refractivity contribution in [2.75, 3.05) is 18.4 Å². The van der Waals surface area contributed by atoms with Gasteiger partial charge in [-0.15, -0.1) is 0 Å². The summed E-state index contributed by atoms with van der Waals surface area (Å²) in [5.41, 5.74) is 11.7. The fraction of sp³-hybridized carbons (Fsp3) is 0.273. The smallest absolute Gasteiger partial charge is 0.251 e. The number of amides is 1. The van der Waals surface area contributed by atoms with Crippen molar-refractivity contribution in [3.63, 3.8) is 0 Å². The van der Waals surface area contributed by atoms with Gasteiger partial charge in [0.25, 0.3) is 5.91 Å². The molecule has 0 bridgehead atoms. The van der Waals surface area contributed by atoms with Gasteiger partial charge in [-0.3, -0.25) is 4.79 Å².